The Kier molecular flexibility index (Phi) is 7.49. The van der Waals surface area contributed by atoms with Crippen molar-refractivity contribution in [3.8, 4) is 0 Å². The Morgan fingerprint density at radius 2 is 1.74 bits per heavy atom. The van der Waals surface area contributed by atoms with Gasteiger partial charge in [-0.15, -0.1) is 0 Å². The molecule has 1 fully saturated rings. The zero-order valence-corrected chi connectivity index (χ0v) is 22.7. The van der Waals surface area contributed by atoms with Gasteiger partial charge in [-0.2, -0.15) is 4.98 Å². The molecule has 0 atom stereocenters. The van der Waals surface area contributed by atoms with Crippen molar-refractivity contribution in [3.63, 3.8) is 0 Å². The maximum atomic E-state index is 14.6. The number of carbonyl (C=O) groups excluding carboxylic acids is 1. The standard InChI is InChI=1S/C28H34FN9O/c1-18(2)15-25(39)38-13-11-37(12-14-38)21-8-5-19(6-9-21)31-26-22(29)17-30-27(35-26)32-20-7-10-23-24(16-20)34-28(33-23)36(3)4/h5-10,16-18H,11-15H2,1-4H3,(H,33,34)(H2,30,31,32,35). The first-order valence-electron chi connectivity index (χ1n) is 13.1. The quantitative estimate of drug-likeness (QED) is 0.300. The van der Waals surface area contributed by atoms with Crippen LogP contribution in [-0.2, 0) is 4.79 Å². The van der Waals surface area contributed by atoms with Gasteiger partial charge < -0.3 is 30.3 Å². The van der Waals surface area contributed by atoms with Gasteiger partial charge in [0.1, 0.15) is 0 Å². The molecule has 0 saturated carbocycles. The van der Waals surface area contributed by atoms with Crippen LogP contribution >= 0.6 is 0 Å². The summed E-state index contributed by atoms with van der Waals surface area (Å²) in [5, 5.41) is 6.19. The Hall–Kier alpha value is -4.41. The monoisotopic (exact) mass is 531 g/mol. The first kappa shape index (κ1) is 26.2. The molecule has 11 heteroatoms. The van der Waals surface area contributed by atoms with E-state index in [1.807, 2.05) is 66.4 Å². The van der Waals surface area contributed by atoms with Crippen LogP contribution in [0.5, 0.6) is 0 Å². The van der Waals surface area contributed by atoms with Gasteiger partial charge in [0.05, 0.1) is 17.2 Å². The largest absolute Gasteiger partial charge is 0.368 e. The Balaban J connectivity index is 1.22. The van der Waals surface area contributed by atoms with E-state index in [0.29, 0.717) is 18.0 Å². The summed E-state index contributed by atoms with van der Waals surface area (Å²) in [6, 6.07) is 13.5. The highest BCUT2D eigenvalue weighted by atomic mass is 19.1. The van der Waals surface area contributed by atoms with E-state index in [1.54, 1.807) is 0 Å². The smallest absolute Gasteiger partial charge is 0.229 e. The zero-order chi connectivity index (χ0) is 27.5. The number of aromatic amines is 1. The minimum atomic E-state index is -0.550. The number of piperazine rings is 1. The van der Waals surface area contributed by atoms with E-state index in [9.17, 15) is 9.18 Å². The SMILES string of the molecule is CC(C)CC(=O)N1CCN(c2ccc(Nc3nc(Nc4ccc5nc(N(C)C)[nH]c5c4)ncc3F)cc2)CC1. The predicted octanol–water partition coefficient (Wildman–Crippen LogP) is 4.74. The summed E-state index contributed by atoms with van der Waals surface area (Å²) in [6.45, 7) is 7.14. The molecule has 2 aromatic carbocycles. The number of halogens is 1. The van der Waals surface area contributed by atoms with Crippen LogP contribution in [0.4, 0.5) is 39.2 Å². The van der Waals surface area contributed by atoms with Crippen molar-refractivity contribution in [2.75, 3.05) is 60.7 Å². The Bertz CT molecular complexity index is 1440. The molecule has 1 aliphatic rings. The van der Waals surface area contributed by atoms with E-state index in [0.717, 1.165) is 60.7 Å². The molecule has 1 aliphatic heterocycles. The Labute approximate surface area is 227 Å². The second-order valence-electron chi connectivity index (χ2n) is 10.3. The van der Waals surface area contributed by atoms with Crippen molar-refractivity contribution in [1.29, 1.82) is 0 Å². The number of nitrogens with zero attached hydrogens (tertiary/aromatic N) is 6. The highest BCUT2D eigenvalue weighted by molar-refractivity contribution is 5.82. The van der Waals surface area contributed by atoms with Crippen LogP contribution in [0.1, 0.15) is 20.3 Å². The molecule has 0 bridgehead atoms. The van der Waals surface area contributed by atoms with Gasteiger partial charge in [-0.3, -0.25) is 4.79 Å². The van der Waals surface area contributed by atoms with Crippen LogP contribution in [0.15, 0.2) is 48.7 Å². The molecular formula is C28H34FN9O. The van der Waals surface area contributed by atoms with Gasteiger partial charge in [0.15, 0.2) is 11.6 Å². The summed E-state index contributed by atoms with van der Waals surface area (Å²) in [6.07, 6.45) is 1.74. The van der Waals surface area contributed by atoms with Gasteiger partial charge in [-0.05, 0) is 48.4 Å². The second-order valence-corrected chi connectivity index (χ2v) is 10.3. The summed E-state index contributed by atoms with van der Waals surface area (Å²) in [4.78, 5) is 34.7. The third kappa shape index (κ3) is 6.19. The van der Waals surface area contributed by atoms with Gasteiger partial charge in [-0.1, -0.05) is 13.8 Å². The van der Waals surface area contributed by atoms with Crippen molar-refractivity contribution in [3.05, 3.63) is 54.5 Å². The molecule has 0 spiro atoms. The molecule has 0 radical (unpaired) electrons. The molecule has 5 rings (SSSR count). The fraction of sp³-hybridized carbons (Fsp3) is 0.357. The number of benzene rings is 2. The molecule has 0 unspecified atom stereocenters. The molecule has 39 heavy (non-hydrogen) atoms. The third-order valence-corrected chi connectivity index (χ3v) is 6.60. The maximum Gasteiger partial charge on any atom is 0.229 e. The number of H-pyrrole nitrogens is 1. The van der Waals surface area contributed by atoms with Gasteiger partial charge in [0.25, 0.3) is 0 Å². The average Bonchev–Trinajstić information content (AvgIpc) is 3.35. The lowest BCUT2D eigenvalue weighted by Gasteiger charge is -2.36. The minimum absolute atomic E-state index is 0.0787. The van der Waals surface area contributed by atoms with E-state index < -0.39 is 5.82 Å². The number of fused-ring (bicyclic) bond motifs is 1. The van der Waals surface area contributed by atoms with Crippen LogP contribution in [-0.4, -0.2) is 71.0 Å². The third-order valence-electron chi connectivity index (χ3n) is 6.60. The minimum Gasteiger partial charge on any atom is -0.368 e. The molecule has 2 aromatic heterocycles. The van der Waals surface area contributed by atoms with Gasteiger partial charge >= 0.3 is 0 Å². The highest BCUT2D eigenvalue weighted by Gasteiger charge is 2.21. The van der Waals surface area contributed by atoms with E-state index >= 15 is 0 Å². The number of hydrogen-bond donors (Lipinski definition) is 3. The van der Waals surface area contributed by atoms with Gasteiger partial charge in [-0.25, -0.2) is 14.4 Å². The maximum absolute atomic E-state index is 14.6. The van der Waals surface area contributed by atoms with E-state index in [-0.39, 0.29) is 17.7 Å². The molecule has 10 nitrogen and oxygen atoms in total. The second kappa shape index (κ2) is 11.1. The van der Waals surface area contributed by atoms with Crippen LogP contribution in [0, 0.1) is 11.7 Å². The molecule has 4 aromatic rings. The number of rotatable bonds is 8. The summed E-state index contributed by atoms with van der Waals surface area (Å²) >= 11 is 0. The number of aromatic nitrogens is 4. The predicted molar refractivity (Wildman–Crippen MR) is 154 cm³/mol. The number of hydrogen-bond acceptors (Lipinski definition) is 8. The Morgan fingerprint density at radius 1 is 1.03 bits per heavy atom. The van der Waals surface area contributed by atoms with Crippen molar-refractivity contribution < 1.29 is 9.18 Å². The van der Waals surface area contributed by atoms with Crippen molar-refractivity contribution in [2.24, 2.45) is 5.92 Å². The normalized spacial score (nSPS) is 13.7. The number of anilines is 6. The lowest BCUT2D eigenvalue weighted by atomic mass is 10.1. The van der Waals surface area contributed by atoms with Crippen molar-refractivity contribution in [2.45, 2.75) is 20.3 Å². The number of nitrogens with one attached hydrogen (secondary N) is 3. The van der Waals surface area contributed by atoms with Crippen molar-refractivity contribution >= 4 is 51.7 Å². The summed E-state index contributed by atoms with van der Waals surface area (Å²) in [5.41, 5.74) is 4.24. The van der Waals surface area contributed by atoms with E-state index in [1.165, 1.54) is 0 Å². The van der Waals surface area contributed by atoms with E-state index in [4.69, 9.17) is 0 Å². The molecule has 1 saturated heterocycles. The molecule has 3 N–H and O–H groups in total. The summed E-state index contributed by atoms with van der Waals surface area (Å²) < 4.78 is 14.6. The van der Waals surface area contributed by atoms with Gasteiger partial charge in [0, 0.05) is 63.8 Å². The fourth-order valence-electron chi connectivity index (χ4n) is 4.51. The first-order chi connectivity index (χ1) is 18.7. The first-order valence-corrected chi connectivity index (χ1v) is 13.1. The number of carbonyl (C=O) groups is 1. The molecule has 3 heterocycles. The molecule has 1 amide bonds. The fourth-order valence-corrected chi connectivity index (χ4v) is 4.51. The van der Waals surface area contributed by atoms with E-state index in [2.05, 4.69) is 49.3 Å². The van der Waals surface area contributed by atoms with Crippen LogP contribution in [0.3, 0.4) is 0 Å². The average molecular weight is 532 g/mol. The number of imidazole rings is 1. The topological polar surface area (TPSA) is 105 Å². The highest BCUT2D eigenvalue weighted by Crippen LogP contribution is 2.25. The van der Waals surface area contributed by atoms with Crippen LogP contribution in [0.25, 0.3) is 11.0 Å². The number of amides is 1. The molecule has 0 aliphatic carbocycles. The summed E-state index contributed by atoms with van der Waals surface area (Å²) in [5.74, 6) is 1.15. The van der Waals surface area contributed by atoms with Crippen LogP contribution in [0.2, 0.25) is 0 Å². The summed E-state index contributed by atoms with van der Waals surface area (Å²) in [7, 11) is 3.84. The lowest BCUT2D eigenvalue weighted by Crippen LogP contribution is -2.49. The zero-order valence-electron chi connectivity index (χ0n) is 22.7. The van der Waals surface area contributed by atoms with Gasteiger partial charge in [0.2, 0.25) is 17.8 Å². The molecular weight excluding hydrogens is 497 g/mol. The lowest BCUT2D eigenvalue weighted by molar-refractivity contribution is -0.132. The van der Waals surface area contributed by atoms with Crippen LogP contribution < -0.4 is 20.4 Å². The Morgan fingerprint density at radius 3 is 2.44 bits per heavy atom. The van der Waals surface area contributed by atoms with Crippen molar-refractivity contribution in [1.82, 2.24) is 24.8 Å². The molecule has 204 valence electrons.